The van der Waals surface area contributed by atoms with Gasteiger partial charge in [-0.15, -0.1) is 0 Å². The lowest BCUT2D eigenvalue weighted by atomic mass is 10.1. The zero-order valence-corrected chi connectivity index (χ0v) is 20.5. The Morgan fingerprint density at radius 1 is 1.11 bits per heavy atom. The highest BCUT2D eigenvalue weighted by atomic mass is 35.5. The molecule has 1 aliphatic rings. The van der Waals surface area contributed by atoms with Crippen LogP contribution in [0.15, 0.2) is 77.8 Å². The van der Waals surface area contributed by atoms with Gasteiger partial charge in [0.1, 0.15) is 16.8 Å². The normalized spacial score (nSPS) is 16.9. The van der Waals surface area contributed by atoms with E-state index in [2.05, 4.69) is 10.3 Å². The molecular weight excluding hydrogens is 489 g/mol. The molecular formula is C26H23ClFN3O3S. The Morgan fingerprint density at radius 3 is 2.46 bits per heavy atom. The molecule has 1 N–H and O–H groups in total. The van der Waals surface area contributed by atoms with E-state index in [0.29, 0.717) is 40.3 Å². The molecule has 1 saturated heterocycles. The molecule has 2 amide bonds. The summed E-state index contributed by atoms with van der Waals surface area (Å²) in [6, 6.07) is 20.1. The molecule has 0 radical (unpaired) electrons. The Labute approximate surface area is 212 Å². The molecule has 0 unspecified atom stereocenters. The second-order valence-corrected chi connectivity index (χ2v) is 9.43. The van der Waals surface area contributed by atoms with Crippen molar-refractivity contribution in [2.24, 2.45) is 4.99 Å². The fourth-order valence-electron chi connectivity index (χ4n) is 3.48. The molecule has 1 fully saturated rings. The molecule has 0 spiro atoms. The highest BCUT2D eigenvalue weighted by Gasteiger charge is 2.35. The maximum Gasteiger partial charge on any atom is 0.238 e. The number of carbonyl (C=O) groups is 2. The number of rotatable bonds is 7. The predicted molar refractivity (Wildman–Crippen MR) is 138 cm³/mol. The molecule has 4 rings (SSSR count). The smallest absolute Gasteiger partial charge is 0.238 e. The average molecular weight is 512 g/mol. The third-order valence-electron chi connectivity index (χ3n) is 5.38. The number of nitrogens with one attached hydrogen (secondary N) is 1. The van der Waals surface area contributed by atoms with Crippen molar-refractivity contribution in [1.82, 2.24) is 4.90 Å². The second kappa shape index (κ2) is 11.4. The van der Waals surface area contributed by atoms with Gasteiger partial charge < -0.3 is 10.1 Å². The van der Waals surface area contributed by atoms with E-state index in [1.165, 1.54) is 36.0 Å². The number of benzene rings is 3. The summed E-state index contributed by atoms with van der Waals surface area (Å²) >= 11 is 7.21. The van der Waals surface area contributed by atoms with Gasteiger partial charge in [-0.2, -0.15) is 0 Å². The summed E-state index contributed by atoms with van der Waals surface area (Å²) in [4.78, 5) is 32.4. The summed E-state index contributed by atoms with van der Waals surface area (Å²) in [7, 11) is 1.58. The van der Waals surface area contributed by atoms with Gasteiger partial charge in [0, 0.05) is 23.7 Å². The molecule has 0 aromatic heterocycles. The minimum absolute atomic E-state index is 0.0277. The highest BCUT2D eigenvalue weighted by Crippen LogP contribution is 2.31. The van der Waals surface area contributed by atoms with Crippen molar-refractivity contribution in [2.45, 2.75) is 18.1 Å². The van der Waals surface area contributed by atoms with E-state index < -0.39 is 11.1 Å². The molecule has 180 valence electrons. The van der Waals surface area contributed by atoms with E-state index >= 15 is 0 Å². The van der Waals surface area contributed by atoms with Gasteiger partial charge in [0.15, 0.2) is 5.17 Å². The number of hydrogen-bond acceptors (Lipinski definition) is 5. The van der Waals surface area contributed by atoms with E-state index in [-0.39, 0.29) is 18.2 Å². The summed E-state index contributed by atoms with van der Waals surface area (Å²) in [6.45, 7) is 0.411. The first-order valence-corrected chi connectivity index (χ1v) is 12.2. The van der Waals surface area contributed by atoms with Crippen molar-refractivity contribution in [1.29, 1.82) is 0 Å². The standard InChI is InChI=1S/C26H23ClFN3O3S/c1-34-22-12-10-21(11-13-22)30-26-31(15-14-17-2-4-18(27)5-3-17)24(32)16-23(35-26)25(33)29-20-8-6-19(28)7-9-20/h2-13,23H,14-16H2,1H3,(H,29,33)/t23-/m1/s1. The molecule has 1 aliphatic heterocycles. The molecule has 1 heterocycles. The topological polar surface area (TPSA) is 71.0 Å². The maximum absolute atomic E-state index is 13.2. The number of amidine groups is 1. The van der Waals surface area contributed by atoms with Crippen LogP contribution in [0, 0.1) is 5.82 Å². The summed E-state index contributed by atoms with van der Waals surface area (Å²) in [5.41, 5.74) is 2.13. The Balaban J connectivity index is 1.54. The van der Waals surface area contributed by atoms with Gasteiger partial charge in [0.05, 0.1) is 12.8 Å². The minimum atomic E-state index is -0.670. The molecule has 9 heteroatoms. The lowest BCUT2D eigenvalue weighted by Crippen LogP contribution is -2.46. The first-order chi connectivity index (χ1) is 16.9. The first-order valence-electron chi connectivity index (χ1n) is 10.9. The van der Waals surface area contributed by atoms with Gasteiger partial charge in [-0.3, -0.25) is 14.5 Å². The van der Waals surface area contributed by atoms with E-state index in [1.54, 1.807) is 36.3 Å². The molecule has 0 aliphatic carbocycles. The number of amides is 2. The van der Waals surface area contributed by atoms with Crippen molar-refractivity contribution in [3.05, 3.63) is 89.2 Å². The van der Waals surface area contributed by atoms with Crippen LogP contribution in [-0.2, 0) is 16.0 Å². The zero-order chi connectivity index (χ0) is 24.8. The molecule has 3 aromatic rings. The quantitative estimate of drug-likeness (QED) is 0.442. The molecule has 35 heavy (non-hydrogen) atoms. The molecule has 0 bridgehead atoms. The van der Waals surface area contributed by atoms with E-state index in [1.807, 2.05) is 24.3 Å². The van der Waals surface area contributed by atoms with Crippen LogP contribution in [0.25, 0.3) is 0 Å². The first kappa shape index (κ1) is 24.8. The maximum atomic E-state index is 13.2. The Hall–Kier alpha value is -3.36. The molecule has 1 atom stereocenters. The largest absolute Gasteiger partial charge is 0.497 e. The number of nitrogens with zero attached hydrogens (tertiary/aromatic N) is 2. The molecule has 3 aromatic carbocycles. The highest BCUT2D eigenvalue weighted by molar-refractivity contribution is 8.15. The van der Waals surface area contributed by atoms with Crippen molar-refractivity contribution >= 4 is 51.7 Å². The summed E-state index contributed by atoms with van der Waals surface area (Å²) in [5.74, 6) is -0.230. The van der Waals surface area contributed by atoms with Crippen molar-refractivity contribution in [2.75, 3.05) is 19.0 Å². The van der Waals surface area contributed by atoms with Crippen molar-refractivity contribution in [3.8, 4) is 5.75 Å². The fourth-order valence-corrected chi connectivity index (χ4v) is 4.73. The lowest BCUT2D eigenvalue weighted by Gasteiger charge is -2.32. The van der Waals surface area contributed by atoms with Gasteiger partial charge in [-0.25, -0.2) is 9.38 Å². The van der Waals surface area contributed by atoms with Gasteiger partial charge in [0.2, 0.25) is 11.8 Å². The number of hydrogen-bond donors (Lipinski definition) is 1. The lowest BCUT2D eigenvalue weighted by molar-refractivity contribution is -0.129. The van der Waals surface area contributed by atoms with Crippen LogP contribution in [0.5, 0.6) is 5.75 Å². The Kier molecular flexibility index (Phi) is 8.05. The van der Waals surface area contributed by atoms with Crippen molar-refractivity contribution in [3.63, 3.8) is 0 Å². The van der Waals surface area contributed by atoms with Gasteiger partial charge in [-0.1, -0.05) is 35.5 Å². The van der Waals surface area contributed by atoms with Crippen molar-refractivity contribution < 1.29 is 18.7 Å². The number of halogens is 2. The summed E-state index contributed by atoms with van der Waals surface area (Å²) < 4.78 is 18.4. The number of anilines is 1. The second-order valence-electron chi connectivity index (χ2n) is 7.82. The minimum Gasteiger partial charge on any atom is -0.497 e. The predicted octanol–water partition coefficient (Wildman–Crippen LogP) is 5.69. The summed E-state index contributed by atoms with van der Waals surface area (Å²) in [5, 5.41) is 3.18. The van der Waals surface area contributed by atoms with E-state index in [0.717, 1.165) is 5.56 Å². The van der Waals surface area contributed by atoms with Crippen LogP contribution in [0.2, 0.25) is 5.02 Å². The van der Waals surface area contributed by atoms with Gasteiger partial charge in [0.25, 0.3) is 0 Å². The SMILES string of the molecule is COc1ccc(N=C2S[C@@H](C(=O)Nc3ccc(F)cc3)CC(=O)N2CCc2ccc(Cl)cc2)cc1. The fraction of sp³-hybridized carbons (Fsp3) is 0.192. The van der Waals surface area contributed by atoms with E-state index in [4.69, 9.17) is 16.3 Å². The molecule has 6 nitrogen and oxygen atoms in total. The Bertz CT molecular complexity index is 1220. The third-order valence-corrected chi connectivity index (χ3v) is 6.82. The summed E-state index contributed by atoms with van der Waals surface area (Å²) in [6.07, 6.45) is 0.636. The van der Waals surface area contributed by atoms with Crippen LogP contribution >= 0.6 is 23.4 Å². The third kappa shape index (κ3) is 6.61. The van der Waals surface area contributed by atoms with E-state index in [9.17, 15) is 14.0 Å². The van der Waals surface area contributed by atoms with Crippen LogP contribution in [0.4, 0.5) is 15.8 Å². The monoisotopic (exact) mass is 511 g/mol. The average Bonchev–Trinajstić information content (AvgIpc) is 2.86. The number of aliphatic imine (C=N–C) groups is 1. The van der Waals surface area contributed by atoms with Crippen LogP contribution in [0.3, 0.4) is 0 Å². The number of thioether (sulfide) groups is 1. The number of methoxy groups -OCH3 is 1. The number of ether oxygens (including phenoxy) is 1. The van der Waals surface area contributed by atoms with Crippen LogP contribution in [-0.4, -0.2) is 40.8 Å². The van der Waals surface area contributed by atoms with Gasteiger partial charge in [-0.05, 0) is 72.6 Å². The van der Waals surface area contributed by atoms with Crippen LogP contribution in [0.1, 0.15) is 12.0 Å². The van der Waals surface area contributed by atoms with Crippen LogP contribution < -0.4 is 10.1 Å². The number of carbonyl (C=O) groups excluding carboxylic acids is 2. The molecule has 0 saturated carbocycles. The Morgan fingerprint density at radius 2 is 1.80 bits per heavy atom. The van der Waals surface area contributed by atoms with Gasteiger partial charge >= 0.3 is 0 Å². The zero-order valence-electron chi connectivity index (χ0n) is 18.9.